The largest absolute Gasteiger partial charge is 0.331 e. The smallest absolute Gasteiger partial charge is 0.322 e. The molecule has 2 aromatic rings. The van der Waals surface area contributed by atoms with Crippen molar-refractivity contribution in [1.29, 1.82) is 0 Å². The molecule has 0 radical (unpaired) electrons. The second-order valence-corrected chi connectivity index (χ2v) is 5.04. The van der Waals surface area contributed by atoms with E-state index in [0.29, 0.717) is 5.82 Å². The zero-order valence-corrected chi connectivity index (χ0v) is 12.7. The van der Waals surface area contributed by atoms with Crippen molar-refractivity contribution in [2.45, 2.75) is 13.5 Å². The lowest BCUT2D eigenvalue weighted by Crippen LogP contribution is -2.27. The molecule has 0 spiro atoms. The van der Waals surface area contributed by atoms with Crippen LogP contribution < -0.4 is 10.6 Å². The summed E-state index contributed by atoms with van der Waals surface area (Å²) >= 11 is 0. The average molecular weight is 302 g/mol. The van der Waals surface area contributed by atoms with Crippen LogP contribution in [0, 0.1) is 6.92 Å². The van der Waals surface area contributed by atoms with Crippen LogP contribution in [0.15, 0.2) is 30.5 Å². The Morgan fingerprint density at radius 3 is 2.73 bits per heavy atom. The minimum Gasteiger partial charge on any atom is -0.331 e. The number of nitrogens with one attached hydrogen (secondary N) is 2. The number of amides is 3. The van der Waals surface area contributed by atoms with Crippen LogP contribution in [-0.2, 0) is 11.3 Å². The summed E-state index contributed by atoms with van der Waals surface area (Å²) in [4.78, 5) is 24.8. The molecular formula is C14H18N6O2. The van der Waals surface area contributed by atoms with Gasteiger partial charge in [0.15, 0.2) is 5.82 Å². The molecule has 1 aromatic carbocycles. The summed E-state index contributed by atoms with van der Waals surface area (Å²) in [7, 11) is 3.24. The van der Waals surface area contributed by atoms with E-state index in [2.05, 4.69) is 20.9 Å². The first-order valence-corrected chi connectivity index (χ1v) is 6.69. The molecule has 0 saturated carbocycles. The van der Waals surface area contributed by atoms with Crippen LogP contribution in [0.3, 0.4) is 0 Å². The Bertz CT molecular complexity index is 679. The van der Waals surface area contributed by atoms with E-state index in [1.807, 2.05) is 31.2 Å². The Morgan fingerprint density at radius 2 is 2.05 bits per heavy atom. The molecule has 0 bridgehead atoms. The predicted octanol–water partition coefficient (Wildman–Crippen LogP) is 1.32. The van der Waals surface area contributed by atoms with Crippen molar-refractivity contribution < 1.29 is 9.59 Å². The molecule has 0 saturated heterocycles. The number of hydrogen-bond donors (Lipinski definition) is 2. The highest BCUT2D eigenvalue weighted by Crippen LogP contribution is 2.09. The van der Waals surface area contributed by atoms with Gasteiger partial charge >= 0.3 is 6.03 Å². The Balaban J connectivity index is 1.92. The van der Waals surface area contributed by atoms with Crippen LogP contribution in [-0.4, -0.2) is 45.9 Å². The van der Waals surface area contributed by atoms with Gasteiger partial charge in [-0.25, -0.2) is 9.48 Å². The summed E-state index contributed by atoms with van der Waals surface area (Å²) in [6.07, 6.45) is 1.50. The lowest BCUT2D eigenvalue weighted by atomic mass is 10.2. The molecule has 22 heavy (non-hydrogen) atoms. The molecule has 2 rings (SSSR count). The highest BCUT2D eigenvalue weighted by Gasteiger charge is 2.09. The monoisotopic (exact) mass is 302 g/mol. The fourth-order valence-electron chi connectivity index (χ4n) is 1.72. The molecule has 0 unspecified atom stereocenters. The van der Waals surface area contributed by atoms with Crippen molar-refractivity contribution in [1.82, 2.24) is 19.9 Å². The SMILES string of the molecule is Cc1cccc(NC(=O)Cn2cc(NC(=O)N(C)C)nn2)c1. The molecule has 0 fully saturated rings. The maximum atomic E-state index is 11.9. The molecule has 3 amide bonds. The van der Waals surface area contributed by atoms with E-state index in [4.69, 9.17) is 0 Å². The first-order chi connectivity index (χ1) is 10.4. The number of anilines is 2. The molecule has 0 aliphatic heterocycles. The van der Waals surface area contributed by atoms with E-state index in [1.54, 1.807) is 14.1 Å². The normalized spacial score (nSPS) is 10.1. The van der Waals surface area contributed by atoms with Crippen LogP contribution in [0.4, 0.5) is 16.3 Å². The van der Waals surface area contributed by atoms with E-state index < -0.39 is 0 Å². The highest BCUT2D eigenvalue weighted by atomic mass is 16.2. The number of urea groups is 1. The Hall–Kier alpha value is -2.90. The van der Waals surface area contributed by atoms with Crippen molar-refractivity contribution in [3.05, 3.63) is 36.0 Å². The van der Waals surface area contributed by atoms with Crippen LogP contribution in [0.2, 0.25) is 0 Å². The fourth-order valence-corrected chi connectivity index (χ4v) is 1.72. The Kier molecular flexibility index (Phi) is 4.72. The lowest BCUT2D eigenvalue weighted by molar-refractivity contribution is -0.116. The summed E-state index contributed by atoms with van der Waals surface area (Å²) in [5.41, 5.74) is 1.79. The number of nitrogens with zero attached hydrogens (tertiary/aromatic N) is 4. The van der Waals surface area contributed by atoms with Gasteiger partial charge in [0, 0.05) is 19.8 Å². The molecule has 0 aliphatic carbocycles. The third-order valence-electron chi connectivity index (χ3n) is 2.79. The molecule has 0 atom stereocenters. The number of aryl methyl sites for hydroxylation is 1. The van der Waals surface area contributed by atoms with Gasteiger partial charge in [0.25, 0.3) is 0 Å². The number of carbonyl (C=O) groups excluding carboxylic acids is 2. The standard InChI is InChI=1S/C14H18N6O2/c1-10-5-4-6-11(7-10)15-13(21)9-20-8-12(17-18-20)16-14(22)19(2)3/h4-8H,9H2,1-3H3,(H,15,21)(H,16,22). The van der Waals surface area contributed by atoms with Crippen LogP contribution in [0.1, 0.15) is 5.56 Å². The van der Waals surface area contributed by atoms with Crippen LogP contribution in [0.25, 0.3) is 0 Å². The molecule has 2 N–H and O–H groups in total. The van der Waals surface area contributed by atoms with E-state index in [9.17, 15) is 9.59 Å². The summed E-state index contributed by atoms with van der Waals surface area (Å²) in [5.74, 6) is 0.0723. The highest BCUT2D eigenvalue weighted by molar-refractivity contribution is 5.90. The molecule has 8 heteroatoms. The van der Waals surface area contributed by atoms with Crippen LogP contribution in [0.5, 0.6) is 0 Å². The third-order valence-corrected chi connectivity index (χ3v) is 2.79. The molecular weight excluding hydrogens is 284 g/mol. The van der Waals surface area contributed by atoms with E-state index in [1.165, 1.54) is 15.8 Å². The predicted molar refractivity (Wildman–Crippen MR) is 82.5 cm³/mol. The number of aromatic nitrogens is 3. The van der Waals surface area contributed by atoms with Gasteiger partial charge < -0.3 is 10.2 Å². The molecule has 0 aliphatic rings. The van der Waals surface area contributed by atoms with Crippen molar-refractivity contribution in [2.24, 2.45) is 0 Å². The van der Waals surface area contributed by atoms with Gasteiger partial charge in [-0.1, -0.05) is 17.3 Å². The summed E-state index contributed by atoms with van der Waals surface area (Å²) in [6.45, 7) is 1.96. The first-order valence-electron chi connectivity index (χ1n) is 6.69. The van der Waals surface area contributed by atoms with E-state index >= 15 is 0 Å². The second kappa shape index (κ2) is 6.70. The summed E-state index contributed by atoms with van der Waals surface area (Å²) in [5, 5.41) is 12.9. The topological polar surface area (TPSA) is 92.2 Å². The average Bonchev–Trinajstić information content (AvgIpc) is 2.85. The van der Waals surface area contributed by atoms with Crippen molar-refractivity contribution >= 4 is 23.4 Å². The Morgan fingerprint density at radius 1 is 1.27 bits per heavy atom. The Labute approximate surface area is 128 Å². The maximum absolute atomic E-state index is 11.9. The zero-order valence-electron chi connectivity index (χ0n) is 12.7. The number of hydrogen-bond acceptors (Lipinski definition) is 4. The van der Waals surface area contributed by atoms with Crippen molar-refractivity contribution in [2.75, 3.05) is 24.7 Å². The van der Waals surface area contributed by atoms with Crippen molar-refractivity contribution in [3.8, 4) is 0 Å². The minimum absolute atomic E-state index is 0.0127. The third kappa shape index (κ3) is 4.30. The quantitative estimate of drug-likeness (QED) is 0.891. The van der Waals surface area contributed by atoms with Gasteiger partial charge in [0.2, 0.25) is 5.91 Å². The molecule has 1 heterocycles. The van der Waals surface area contributed by atoms with Gasteiger partial charge in [-0.3, -0.25) is 10.1 Å². The van der Waals surface area contributed by atoms with Gasteiger partial charge in [0.05, 0.1) is 6.20 Å². The van der Waals surface area contributed by atoms with Gasteiger partial charge in [-0.2, -0.15) is 0 Å². The molecule has 8 nitrogen and oxygen atoms in total. The zero-order chi connectivity index (χ0) is 16.1. The first kappa shape index (κ1) is 15.5. The van der Waals surface area contributed by atoms with Gasteiger partial charge in [-0.05, 0) is 24.6 Å². The second-order valence-electron chi connectivity index (χ2n) is 5.04. The molecule has 1 aromatic heterocycles. The summed E-state index contributed by atoms with van der Waals surface area (Å²) < 4.78 is 1.36. The number of benzene rings is 1. The van der Waals surface area contributed by atoms with Gasteiger partial charge in [0.1, 0.15) is 6.54 Å². The number of carbonyl (C=O) groups is 2. The van der Waals surface area contributed by atoms with E-state index in [0.717, 1.165) is 11.3 Å². The van der Waals surface area contributed by atoms with Crippen LogP contribution >= 0.6 is 0 Å². The van der Waals surface area contributed by atoms with Gasteiger partial charge in [-0.15, -0.1) is 5.10 Å². The van der Waals surface area contributed by atoms with E-state index in [-0.39, 0.29) is 18.5 Å². The molecule has 116 valence electrons. The maximum Gasteiger partial charge on any atom is 0.322 e. The summed E-state index contributed by atoms with van der Waals surface area (Å²) in [6, 6.07) is 7.20. The number of rotatable bonds is 4. The fraction of sp³-hybridized carbons (Fsp3) is 0.286. The minimum atomic E-state index is -0.309. The van der Waals surface area contributed by atoms with Crippen molar-refractivity contribution in [3.63, 3.8) is 0 Å². The lowest BCUT2D eigenvalue weighted by Gasteiger charge is -2.09.